The van der Waals surface area contributed by atoms with E-state index in [4.69, 9.17) is 23.8 Å². The van der Waals surface area contributed by atoms with Crippen molar-refractivity contribution in [3.63, 3.8) is 0 Å². The van der Waals surface area contributed by atoms with Gasteiger partial charge in [-0.1, -0.05) is 127 Å². The minimum absolute atomic E-state index is 0.591. The Kier molecular flexibility index (Phi) is 6.42. The highest BCUT2D eigenvalue weighted by molar-refractivity contribution is 6.12. The zero-order chi connectivity index (χ0) is 33.0. The van der Waals surface area contributed by atoms with Crippen LogP contribution in [0.5, 0.6) is 0 Å². The number of nitrogens with zero attached hydrogens (tertiary/aromatic N) is 3. The molecule has 0 fully saturated rings. The summed E-state index contributed by atoms with van der Waals surface area (Å²) in [4.78, 5) is 15.1. The van der Waals surface area contributed by atoms with Gasteiger partial charge in [-0.05, 0) is 58.7 Å². The monoisotopic (exact) mass is 641 g/mol. The molecule has 0 spiro atoms. The number of hydrogen-bond acceptors (Lipinski definition) is 5. The SMILES string of the molecule is c1ccc(-c2ccc3c(c2)oc2cccc(-c4nc(-c5ccccc5)nc(-c5ccc(-c6ccc7c(c6)oc6ccccc67)cc5)n4)c23)cc1. The van der Waals surface area contributed by atoms with Gasteiger partial charge in [0.25, 0.3) is 0 Å². The fourth-order valence-electron chi connectivity index (χ4n) is 6.88. The second-order valence-electron chi connectivity index (χ2n) is 12.4. The summed E-state index contributed by atoms with van der Waals surface area (Å²) in [6.07, 6.45) is 0. The zero-order valence-electron chi connectivity index (χ0n) is 26.7. The van der Waals surface area contributed by atoms with E-state index in [0.29, 0.717) is 17.5 Å². The maximum absolute atomic E-state index is 6.43. The molecule has 0 saturated heterocycles. The second kappa shape index (κ2) is 11.4. The highest BCUT2D eigenvalue weighted by atomic mass is 16.3. The first kappa shape index (κ1) is 28.2. The van der Waals surface area contributed by atoms with Crippen LogP contribution in [-0.2, 0) is 0 Å². The molecule has 0 radical (unpaired) electrons. The van der Waals surface area contributed by atoms with Gasteiger partial charge in [-0.15, -0.1) is 0 Å². The van der Waals surface area contributed by atoms with Crippen LogP contribution in [-0.4, -0.2) is 15.0 Å². The van der Waals surface area contributed by atoms with E-state index in [2.05, 4.69) is 84.9 Å². The molecule has 50 heavy (non-hydrogen) atoms. The van der Waals surface area contributed by atoms with Gasteiger partial charge in [0.05, 0.1) is 0 Å². The Balaban J connectivity index is 1.08. The van der Waals surface area contributed by atoms with Gasteiger partial charge in [-0.2, -0.15) is 0 Å². The van der Waals surface area contributed by atoms with Gasteiger partial charge in [0, 0.05) is 38.2 Å². The Labute approximate surface area is 287 Å². The van der Waals surface area contributed by atoms with Crippen LogP contribution in [0.1, 0.15) is 0 Å². The minimum Gasteiger partial charge on any atom is -0.456 e. The predicted molar refractivity (Wildman–Crippen MR) is 202 cm³/mol. The normalized spacial score (nSPS) is 11.6. The Hall–Kier alpha value is -6.85. The topological polar surface area (TPSA) is 65.0 Å². The molecule has 0 bridgehead atoms. The summed E-state index contributed by atoms with van der Waals surface area (Å²) in [5, 5.41) is 4.24. The largest absolute Gasteiger partial charge is 0.456 e. The van der Waals surface area contributed by atoms with Gasteiger partial charge in [0.2, 0.25) is 0 Å². The van der Waals surface area contributed by atoms with E-state index in [1.807, 2.05) is 78.9 Å². The molecular weight excluding hydrogens is 615 g/mol. The maximum atomic E-state index is 6.43. The van der Waals surface area contributed by atoms with Gasteiger partial charge in [0.15, 0.2) is 17.5 Å². The van der Waals surface area contributed by atoms with Crippen LogP contribution in [0.3, 0.4) is 0 Å². The van der Waals surface area contributed by atoms with Gasteiger partial charge in [-0.3, -0.25) is 0 Å². The number of hydrogen-bond donors (Lipinski definition) is 0. The lowest BCUT2D eigenvalue weighted by atomic mass is 10.0. The number of aromatic nitrogens is 3. The molecule has 234 valence electrons. The molecule has 0 aliphatic carbocycles. The highest BCUT2D eigenvalue weighted by Gasteiger charge is 2.18. The molecule has 5 heteroatoms. The first-order valence-corrected chi connectivity index (χ1v) is 16.6. The number of benzene rings is 7. The number of rotatable bonds is 5. The third kappa shape index (κ3) is 4.75. The van der Waals surface area contributed by atoms with Crippen LogP contribution >= 0.6 is 0 Å². The molecule has 0 unspecified atom stereocenters. The van der Waals surface area contributed by atoms with E-state index >= 15 is 0 Å². The van der Waals surface area contributed by atoms with E-state index in [-0.39, 0.29) is 0 Å². The van der Waals surface area contributed by atoms with Crippen LogP contribution in [0.25, 0.3) is 100 Å². The molecule has 0 aliphatic heterocycles. The molecule has 3 aromatic heterocycles. The summed E-state index contributed by atoms with van der Waals surface area (Å²) in [7, 11) is 0. The molecule has 0 aliphatic rings. The van der Waals surface area contributed by atoms with Crippen molar-refractivity contribution in [2.45, 2.75) is 0 Å². The molecule has 10 rings (SSSR count). The van der Waals surface area contributed by atoms with E-state index in [1.165, 1.54) is 0 Å². The van der Waals surface area contributed by atoms with Crippen molar-refractivity contribution in [1.82, 2.24) is 15.0 Å². The van der Waals surface area contributed by atoms with Gasteiger partial charge in [0.1, 0.15) is 22.3 Å². The van der Waals surface area contributed by atoms with E-state index < -0.39 is 0 Å². The lowest BCUT2D eigenvalue weighted by Gasteiger charge is -2.10. The molecule has 0 N–H and O–H groups in total. The first-order chi connectivity index (χ1) is 24.7. The third-order valence-electron chi connectivity index (χ3n) is 9.37. The average Bonchev–Trinajstić information content (AvgIpc) is 3.76. The molecule has 3 heterocycles. The summed E-state index contributed by atoms with van der Waals surface area (Å²) < 4.78 is 12.6. The molecule has 0 saturated carbocycles. The average molecular weight is 642 g/mol. The quantitative estimate of drug-likeness (QED) is 0.187. The number of fused-ring (bicyclic) bond motifs is 6. The van der Waals surface area contributed by atoms with E-state index in [1.54, 1.807) is 0 Å². The highest BCUT2D eigenvalue weighted by Crippen LogP contribution is 2.38. The summed E-state index contributed by atoms with van der Waals surface area (Å²) in [6.45, 7) is 0. The molecule has 7 aromatic carbocycles. The summed E-state index contributed by atoms with van der Waals surface area (Å²) in [6, 6.07) is 55.7. The fourth-order valence-corrected chi connectivity index (χ4v) is 6.88. The van der Waals surface area contributed by atoms with Crippen LogP contribution in [0.2, 0.25) is 0 Å². The van der Waals surface area contributed by atoms with Gasteiger partial charge >= 0.3 is 0 Å². The van der Waals surface area contributed by atoms with Gasteiger partial charge < -0.3 is 8.83 Å². The fraction of sp³-hybridized carbons (Fsp3) is 0. The smallest absolute Gasteiger partial charge is 0.164 e. The zero-order valence-corrected chi connectivity index (χ0v) is 26.7. The van der Waals surface area contributed by atoms with Crippen molar-refractivity contribution >= 4 is 43.9 Å². The lowest BCUT2D eigenvalue weighted by Crippen LogP contribution is -2.00. The molecule has 0 amide bonds. The maximum Gasteiger partial charge on any atom is 0.164 e. The second-order valence-corrected chi connectivity index (χ2v) is 12.4. The Morgan fingerprint density at radius 1 is 0.300 bits per heavy atom. The summed E-state index contributed by atoms with van der Waals surface area (Å²) in [5.74, 6) is 1.80. The predicted octanol–water partition coefficient (Wildman–Crippen LogP) is 12.0. The van der Waals surface area contributed by atoms with Gasteiger partial charge in [-0.25, -0.2) is 15.0 Å². The number of furan rings is 2. The van der Waals surface area contributed by atoms with Crippen molar-refractivity contribution < 1.29 is 8.83 Å². The Bertz CT molecular complexity index is 2850. The minimum atomic E-state index is 0.591. The van der Waals surface area contributed by atoms with E-state index in [9.17, 15) is 0 Å². The molecule has 10 aromatic rings. The van der Waals surface area contributed by atoms with Crippen molar-refractivity contribution in [3.8, 4) is 56.4 Å². The standard InChI is InChI=1S/C45H27N3O2/c1-3-10-28(11-4-1)32-23-25-36-41(27-32)50-39-17-9-15-37(42(36)39)45-47-43(30-12-5-2-6-13-30)46-44(48-45)31-20-18-29(19-21-31)33-22-24-35-34-14-7-8-16-38(34)49-40(35)26-33/h1-27H. The Morgan fingerprint density at radius 2 is 0.780 bits per heavy atom. The van der Waals surface area contributed by atoms with Crippen LogP contribution < -0.4 is 0 Å². The third-order valence-corrected chi connectivity index (χ3v) is 9.37. The van der Waals surface area contributed by atoms with Crippen molar-refractivity contribution in [2.24, 2.45) is 0 Å². The molecule has 5 nitrogen and oxygen atoms in total. The summed E-state index contributed by atoms with van der Waals surface area (Å²) >= 11 is 0. The van der Waals surface area contributed by atoms with Crippen LogP contribution in [0.15, 0.2) is 173 Å². The van der Waals surface area contributed by atoms with Crippen molar-refractivity contribution in [3.05, 3.63) is 164 Å². The molecule has 0 atom stereocenters. The van der Waals surface area contributed by atoms with E-state index in [0.717, 1.165) is 82.8 Å². The lowest BCUT2D eigenvalue weighted by molar-refractivity contribution is 0.668. The first-order valence-electron chi connectivity index (χ1n) is 16.6. The van der Waals surface area contributed by atoms with Crippen molar-refractivity contribution in [2.75, 3.05) is 0 Å². The Morgan fingerprint density at radius 3 is 1.52 bits per heavy atom. The number of para-hydroxylation sites is 1. The van der Waals surface area contributed by atoms with Crippen molar-refractivity contribution in [1.29, 1.82) is 0 Å². The van der Waals surface area contributed by atoms with Crippen LogP contribution in [0, 0.1) is 0 Å². The molecular formula is C45H27N3O2. The summed E-state index contributed by atoms with van der Waals surface area (Å²) in [5.41, 5.74) is 10.5. The van der Waals surface area contributed by atoms with Crippen LogP contribution in [0.4, 0.5) is 0 Å².